The van der Waals surface area contributed by atoms with Gasteiger partial charge in [0.15, 0.2) is 0 Å². The smallest absolute Gasteiger partial charge is 0.341 e. The van der Waals surface area contributed by atoms with Gasteiger partial charge in [-0.25, -0.2) is 4.79 Å². The first-order valence-electron chi connectivity index (χ1n) is 6.21. The fourth-order valence-electron chi connectivity index (χ4n) is 1.93. The highest BCUT2D eigenvalue weighted by Crippen LogP contribution is 2.32. The van der Waals surface area contributed by atoms with E-state index in [1.807, 2.05) is 0 Å². The summed E-state index contributed by atoms with van der Waals surface area (Å²) in [5.41, 5.74) is 0.686. The summed E-state index contributed by atoms with van der Waals surface area (Å²) in [7, 11) is 2.91. The fraction of sp³-hybridized carbons (Fsp3) is 0.286. The van der Waals surface area contributed by atoms with Crippen LogP contribution in [0.15, 0.2) is 16.5 Å². The summed E-state index contributed by atoms with van der Waals surface area (Å²) in [6.07, 6.45) is 0. The summed E-state index contributed by atoms with van der Waals surface area (Å²) >= 11 is 13.0. The zero-order chi connectivity index (χ0) is 16.4. The fourth-order valence-corrected chi connectivity index (χ4v) is 3.38. The zero-order valence-electron chi connectivity index (χ0n) is 12.1. The summed E-state index contributed by atoms with van der Waals surface area (Å²) in [5, 5.41) is 0. The number of halogens is 2. The summed E-state index contributed by atoms with van der Waals surface area (Å²) in [6, 6.07) is 3.09. The average molecular weight is 362 g/mol. The van der Waals surface area contributed by atoms with Crippen molar-refractivity contribution in [3.05, 3.63) is 43.5 Å². The SMILES string of the molecule is COC(=O)c1cc(CN(C)C(=O)c2cc(Cl)sc2Cl)oc1C. The Morgan fingerprint density at radius 1 is 1.32 bits per heavy atom. The molecule has 2 heterocycles. The van der Waals surface area contributed by atoms with Crippen LogP contribution < -0.4 is 0 Å². The molecule has 22 heavy (non-hydrogen) atoms. The highest BCUT2D eigenvalue weighted by atomic mass is 35.5. The minimum Gasteiger partial charge on any atom is -0.465 e. The number of carbonyl (C=O) groups is 2. The standard InChI is InChI=1S/C14H13Cl2NO4S/c1-7-9(14(19)20-3)4-8(21-7)6-17(2)13(18)10-5-11(15)22-12(10)16/h4-5H,6H2,1-3H3. The number of hydrogen-bond donors (Lipinski definition) is 0. The van der Waals surface area contributed by atoms with Crippen molar-refractivity contribution in [2.75, 3.05) is 14.2 Å². The van der Waals surface area contributed by atoms with E-state index in [0.29, 0.717) is 31.3 Å². The Labute approximate surface area is 141 Å². The normalized spacial score (nSPS) is 10.6. The molecule has 0 aliphatic rings. The van der Waals surface area contributed by atoms with Crippen LogP contribution in [0, 0.1) is 6.92 Å². The molecule has 0 radical (unpaired) electrons. The van der Waals surface area contributed by atoms with Gasteiger partial charge in [-0.15, -0.1) is 11.3 Å². The second kappa shape index (κ2) is 6.73. The molecule has 8 heteroatoms. The molecule has 2 aromatic heterocycles. The summed E-state index contributed by atoms with van der Waals surface area (Å²) in [6.45, 7) is 1.85. The number of rotatable bonds is 4. The van der Waals surface area contributed by atoms with Crippen molar-refractivity contribution in [1.29, 1.82) is 0 Å². The van der Waals surface area contributed by atoms with Gasteiger partial charge >= 0.3 is 5.97 Å². The van der Waals surface area contributed by atoms with Crippen molar-refractivity contribution in [3.63, 3.8) is 0 Å². The third-order valence-corrected chi connectivity index (χ3v) is 4.49. The maximum absolute atomic E-state index is 12.3. The van der Waals surface area contributed by atoms with Gasteiger partial charge in [-0.1, -0.05) is 23.2 Å². The van der Waals surface area contributed by atoms with Crippen LogP contribution in [0.2, 0.25) is 8.67 Å². The molecule has 2 aromatic rings. The number of methoxy groups -OCH3 is 1. The van der Waals surface area contributed by atoms with Crippen molar-refractivity contribution in [3.8, 4) is 0 Å². The second-order valence-electron chi connectivity index (χ2n) is 4.57. The van der Waals surface area contributed by atoms with Gasteiger partial charge in [0, 0.05) is 7.05 Å². The maximum Gasteiger partial charge on any atom is 0.341 e. The van der Waals surface area contributed by atoms with Crippen molar-refractivity contribution >= 4 is 46.4 Å². The lowest BCUT2D eigenvalue weighted by Gasteiger charge is -2.15. The molecule has 1 amide bonds. The molecule has 0 N–H and O–H groups in total. The Kier molecular flexibility index (Phi) is 5.16. The first-order chi connectivity index (χ1) is 10.3. The second-order valence-corrected chi connectivity index (χ2v) is 6.86. The quantitative estimate of drug-likeness (QED) is 0.771. The minimum atomic E-state index is -0.478. The van der Waals surface area contributed by atoms with Gasteiger partial charge in [-0.3, -0.25) is 4.79 Å². The van der Waals surface area contributed by atoms with Gasteiger partial charge in [0.2, 0.25) is 0 Å². The van der Waals surface area contributed by atoms with Crippen molar-refractivity contribution < 1.29 is 18.7 Å². The summed E-state index contributed by atoms with van der Waals surface area (Å²) < 4.78 is 10.9. The van der Waals surface area contributed by atoms with Gasteiger partial charge in [0.1, 0.15) is 21.4 Å². The van der Waals surface area contributed by atoms with E-state index in [9.17, 15) is 9.59 Å². The Hall–Kier alpha value is -1.50. The molecule has 0 fully saturated rings. The number of thiophene rings is 1. The van der Waals surface area contributed by atoms with E-state index >= 15 is 0 Å². The third-order valence-electron chi connectivity index (χ3n) is 3.00. The van der Waals surface area contributed by atoms with E-state index in [0.717, 1.165) is 11.3 Å². The van der Waals surface area contributed by atoms with E-state index in [1.165, 1.54) is 18.1 Å². The van der Waals surface area contributed by atoms with Gasteiger partial charge in [-0.05, 0) is 19.1 Å². The first kappa shape index (κ1) is 16.9. The van der Waals surface area contributed by atoms with Crippen LogP contribution in [-0.4, -0.2) is 30.9 Å². The molecule has 5 nitrogen and oxygen atoms in total. The van der Waals surface area contributed by atoms with Crippen LogP contribution in [0.1, 0.15) is 32.2 Å². The maximum atomic E-state index is 12.3. The Bertz CT molecular complexity index is 722. The minimum absolute atomic E-state index is 0.195. The molecule has 0 aliphatic heterocycles. The van der Waals surface area contributed by atoms with E-state index in [2.05, 4.69) is 4.74 Å². The molecule has 0 saturated heterocycles. The van der Waals surface area contributed by atoms with Crippen LogP contribution in [0.5, 0.6) is 0 Å². The lowest BCUT2D eigenvalue weighted by molar-refractivity contribution is 0.0598. The van der Waals surface area contributed by atoms with Crippen molar-refractivity contribution in [2.24, 2.45) is 0 Å². The van der Waals surface area contributed by atoms with Crippen LogP contribution in [0.25, 0.3) is 0 Å². The molecule has 0 saturated carbocycles. The van der Waals surface area contributed by atoms with Crippen LogP contribution in [0.4, 0.5) is 0 Å². The number of ether oxygens (including phenoxy) is 1. The predicted octanol–water partition coefficient (Wildman–Crippen LogP) is 4.02. The molecule has 0 unspecified atom stereocenters. The van der Waals surface area contributed by atoms with Crippen LogP contribution >= 0.6 is 34.5 Å². The number of esters is 1. The van der Waals surface area contributed by atoms with E-state index < -0.39 is 5.97 Å². The van der Waals surface area contributed by atoms with Crippen LogP contribution in [-0.2, 0) is 11.3 Å². The predicted molar refractivity (Wildman–Crippen MR) is 84.9 cm³/mol. The van der Waals surface area contributed by atoms with Gasteiger partial charge < -0.3 is 14.1 Å². The zero-order valence-corrected chi connectivity index (χ0v) is 14.4. The number of carbonyl (C=O) groups excluding carboxylic acids is 2. The number of amides is 1. The molecule has 2 rings (SSSR count). The van der Waals surface area contributed by atoms with Crippen LogP contribution in [0.3, 0.4) is 0 Å². The average Bonchev–Trinajstić information content (AvgIpc) is 2.99. The highest BCUT2D eigenvalue weighted by molar-refractivity contribution is 7.20. The lowest BCUT2D eigenvalue weighted by atomic mass is 10.2. The first-order valence-corrected chi connectivity index (χ1v) is 7.78. The third kappa shape index (κ3) is 3.45. The molecule has 0 spiro atoms. The molecule has 0 atom stereocenters. The number of nitrogens with zero attached hydrogens (tertiary/aromatic N) is 1. The molecular weight excluding hydrogens is 349 g/mol. The Balaban J connectivity index is 2.15. The van der Waals surface area contributed by atoms with Gasteiger partial charge in [-0.2, -0.15) is 0 Å². The van der Waals surface area contributed by atoms with E-state index in [4.69, 9.17) is 27.6 Å². The number of furan rings is 1. The highest BCUT2D eigenvalue weighted by Gasteiger charge is 2.21. The molecule has 118 valence electrons. The van der Waals surface area contributed by atoms with Crippen molar-refractivity contribution in [1.82, 2.24) is 4.90 Å². The van der Waals surface area contributed by atoms with Crippen molar-refractivity contribution in [2.45, 2.75) is 13.5 Å². The molecular formula is C14H13Cl2NO4S. The largest absolute Gasteiger partial charge is 0.465 e. The topological polar surface area (TPSA) is 59.8 Å². The Morgan fingerprint density at radius 3 is 2.55 bits per heavy atom. The Morgan fingerprint density at radius 2 is 2.00 bits per heavy atom. The summed E-state index contributed by atoms with van der Waals surface area (Å²) in [5.74, 6) is 0.168. The van der Waals surface area contributed by atoms with Gasteiger partial charge in [0.05, 0.1) is 23.6 Å². The molecule has 0 aliphatic carbocycles. The number of aryl methyl sites for hydroxylation is 1. The van der Waals surface area contributed by atoms with E-state index in [-0.39, 0.29) is 12.5 Å². The van der Waals surface area contributed by atoms with Gasteiger partial charge in [0.25, 0.3) is 5.91 Å². The summed E-state index contributed by atoms with van der Waals surface area (Å²) in [4.78, 5) is 25.3. The molecule has 0 bridgehead atoms. The molecule has 0 aromatic carbocycles. The van der Waals surface area contributed by atoms with E-state index in [1.54, 1.807) is 20.0 Å². The lowest BCUT2D eigenvalue weighted by Crippen LogP contribution is -2.25. The number of hydrogen-bond acceptors (Lipinski definition) is 5. The monoisotopic (exact) mass is 361 g/mol.